The molecule has 0 fully saturated rings. The average Bonchev–Trinajstić information content (AvgIpc) is 3.25. The largest absolute Gasteiger partial charge is 0.495 e. The van der Waals surface area contributed by atoms with E-state index in [1.54, 1.807) is 36.4 Å². The molecule has 4 rings (SSSR count). The fourth-order valence-corrected chi connectivity index (χ4v) is 4.29. The summed E-state index contributed by atoms with van der Waals surface area (Å²) in [6, 6.07) is 14.7. The minimum Gasteiger partial charge on any atom is -0.495 e. The first kappa shape index (κ1) is 21.4. The molecule has 8 nitrogen and oxygen atoms in total. The SMILES string of the molecule is COc1ccccc1NS(=O)(=O)c1cc(C(=O)NCc2ccc3c(c2)OCO3)ccc1F. The molecule has 10 heteroatoms. The summed E-state index contributed by atoms with van der Waals surface area (Å²) in [4.78, 5) is 11.9. The van der Waals surface area contributed by atoms with E-state index in [0.717, 1.165) is 17.7 Å². The molecule has 0 atom stereocenters. The Hall–Kier alpha value is -3.79. The molecule has 1 heterocycles. The number of methoxy groups -OCH3 is 1. The molecule has 1 aliphatic rings. The monoisotopic (exact) mass is 458 g/mol. The normalized spacial score (nSPS) is 12.3. The summed E-state index contributed by atoms with van der Waals surface area (Å²) in [6.45, 7) is 0.301. The van der Waals surface area contributed by atoms with Gasteiger partial charge in [0.15, 0.2) is 11.5 Å². The molecule has 3 aromatic carbocycles. The number of amides is 1. The number of anilines is 1. The molecule has 3 aromatic rings. The molecule has 0 aliphatic carbocycles. The highest BCUT2D eigenvalue weighted by Crippen LogP contribution is 2.32. The number of sulfonamides is 1. The van der Waals surface area contributed by atoms with Crippen molar-refractivity contribution in [2.45, 2.75) is 11.4 Å². The highest BCUT2D eigenvalue weighted by Gasteiger charge is 2.23. The van der Waals surface area contributed by atoms with E-state index >= 15 is 0 Å². The van der Waals surface area contributed by atoms with Gasteiger partial charge in [-0.05, 0) is 48.0 Å². The predicted molar refractivity (Wildman–Crippen MR) is 114 cm³/mol. The molecule has 166 valence electrons. The summed E-state index contributed by atoms with van der Waals surface area (Å²) in [7, 11) is -2.93. The van der Waals surface area contributed by atoms with Crippen molar-refractivity contribution in [1.82, 2.24) is 5.32 Å². The molecule has 2 N–H and O–H groups in total. The van der Waals surface area contributed by atoms with E-state index in [-0.39, 0.29) is 30.3 Å². The van der Waals surface area contributed by atoms with Crippen LogP contribution >= 0.6 is 0 Å². The Labute approximate surface area is 184 Å². The second-order valence-corrected chi connectivity index (χ2v) is 8.47. The summed E-state index contributed by atoms with van der Waals surface area (Å²) in [5.74, 6) is -0.0736. The average molecular weight is 458 g/mol. The smallest absolute Gasteiger partial charge is 0.264 e. The number of hydrogen-bond acceptors (Lipinski definition) is 6. The lowest BCUT2D eigenvalue weighted by molar-refractivity contribution is 0.0950. The van der Waals surface area contributed by atoms with Crippen LogP contribution in [0.1, 0.15) is 15.9 Å². The highest BCUT2D eigenvalue weighted by molar-refractivity contribution is 7.92. The number of carbonyl (C=O) groups excluding carboxylic acids is 1. The number of fused-ring (bicyclic) bond motifs is 1. The first-order valence-corrected chi connectivity index (χ1v) is 11.0. The zero-order valence-corrected chi connectivity index (χ0v) is 17.7. The van der Waals surface area contributed by atoms with E-state index in [1.165, 1.54) is 19.2 Å². The van der Waals surface area contributed by atoms with E-state index in [0.29, 0.717) is 11.5 Å². The summed E-state index contributed by atoms with van der Waals surface area (Å²) < 4.78 is 57.9. The fraction of sp³-hybridized carbons (Fsp3) is 0.136. The van der Waals surface area contributed by atoms with Crippen LogP contribution in [0.5, 0.6) is 17.2 Å². The Balaban J connectivity index is 1.52. The van der Waals surface area contributed by atoms with Crippen molar-refractivity contribution >= 4 is 21.6 Å². The van der Waals surface area contributed by atoms with Gasteiger partial charge in [0.2, 0.25) is 6.79 Å². The number of para-hydroxylation sites is 2. The summed E-state index contributed by atoms with van der Waals surface area (Å²) in [5, 5.41) is 2.68. The van der Waals surface area contributed by atoms with Gasteiger partial charge in [0, 0.05) is 12.1 Å². The maximum atomic E-state index is 14.4. The van der Waals surface area contributed by atoms with Crippen LogP contribution in [0.15, 0.2) is 65.6 Å². The van der Waals surface area contributed by atoms with Gasteiger partial charge >= 0.3 is 0 Å². The lowest BCUT2D eigenvalue weighted by Crippen LogP contribution is -2.23. The van der Waals surface area contributed by atoms with Gasteiger partial charge in [-0.3, -0.25) is 9.52 Å². The van der Waals surface area contributed by atoms with E-state index in [1.807, 2.05) is 0 Å². The first-order chi connectivity index (χ1) is 15.4. The van der Waals surface area contributed by atoms with Crippen molar-refractivity contribution in [3.8, 4) is 17.2 Å². The minimum atomic E-state index is -4.32. The van der Waals surface area contributed by atoms with Crippen LogP contribution in [-0.2, 0) is 16.6 Å². The van der Waals surface area contributed by atoms with Gasteiger partial charge in [0.25, 0.3) is 15.9 Å². The maximum Gasteiger partial charge on any atom is 0.264 e. The lowest BCUT2D eigenvalue weighted by atomic mass is 10.1. The Morgan fingerprint density at radius 1 is 1.06 bits per heavy atom. The Morgan fingerprint density at radius 3 is 2.66 bits per heavy atom. The van der Waals surface area contributed by atoms with E-state index < -0.39 is 26.6 Å². The summed E-state index contributed by atoms with van der Waals surface area (Å²) >= 11 is 0. The summed E-state index contributed by atoms with van der Waals surface area (Å²) in [6.07, 6.45) is 0. The van der Waals surface area contributed by atoms with Gasteiger partial charge in [0.1, 0.15) is 16.5 Å². The number of rotatable bonds is 7. The third-order valence-corrected chi connectivity index (χ3v) is 6.10. The molecule has 1 amide bonds. The third kappa shape index (κ3) is 4.45. The molecule has 0 bridgehead atoms. The highest BCUT2D eigenvalue weighted by atomic mass is 32.2. The van der Waals surface area contributed by atoms with Gasteiger partial charge in [-0.2, -0.15) is 0 Å². The molecule has 0 saturated heterocycles. The van der Waals surface area contributed by atoms with Crippen LogP contribution in [0.2, 0.25) is 0 Å². The number of carbonyl (C=O) groups is 1. The van der Waals surface area contributed by atoms with Crippen LogP contribution < -0.4 is 24.2 Å². The molecule has 0 saturated carbocycles. The van der Waals surface area contributed by atoms with Gasteiger partial charge in [-0.15, -0.1) is 0 Å². The summed E-state index contributed by atoms with van der Waals surface area (Å²) in [5.41, 5.74) is 0.898. The quantitative estimate of drug-likeness (QED) is 0.563. The second-order valence-electron chi connectivity index (χ2n) is 6.82. The number of nitrogens with one attached hydrogen (secondary N) is 2. The van der Waals surface area contributed by atoms with Crippen molar-refractivity contribution in [3.05, 3.63) is 77.6 Å². The van der Waals surface area contributed by atoms with E-state index in [9.17, 15) is 17.6 Å². The van der Waals surface area contributed by atoms with Crippen molar-refractivity contribution in [3.63, 3.8) is 0 Å². The van der Waals surface area contributed by atoms with Gasteiger partial charge in [0.05, 0.1) is 12.8 Å². The van der Waals surface area contributed by atoms with Crippen LogP contribution in [0.3, 0.4) is 0 Å². The van der Waals surface area contributed by atoms with Crippen molar-refractivity contribution < 1.29 is 31.8 Å². The number of halogens is 1. The van der Waals surface area contributed by atoms with Gasteiger partial charge < -0.3 is 19.5 Å². The first-order valence-electron chi connectivity index (χ1n) is 9.49. The number of hydrogen-bond donors (Lipinski definition) is 2. The molecular formula is C22H19FN2O6S. The lowest BCUT2D eigenvalue weighted by Gasteiger charge is -2.13. The Kier molecular flexibility index (Phi) is 5.87. The topological polar surface area (TPSA) is 103 Å². The predicted octanol–water partition coefficient (Wildman–Crippen LogP) is 3.29. The van der Waals surface area contributed by atoms with Crippen molar-refractivity contribution in [1.29, 1.82) is 0 Å². The molecule has 0 unspecified atom stereocenters. The van der Waals surface area contributed by atoms with Crippen LogP contribution in [0, 0.1) is 5.82 Å². The molecule has 0 radical (unpaired) electrons. The number of benzene rings is 3. The van der Waals surface area contributed by atoms with E-state index in [4.69, 9.17) is 14.2 Å². The standard InChI is InChI=1S/C22H19FN2O6S/c1-29-18-5-3-2-4-17(18)25-32(27,28)21-11-15(7-8-16(21)23)22(26)24-12-14-6-9-19-20(10-14)31-13-30-19/h2-11,25H,12-13H2,1H3,(H,24,26). The molecule has 0 spiro atoms. The third-order valence-electron chi connectivity index (χ3n) is 4.72. The molecule has 0 aromatic heterocycles. The molecule has 1 aliphatic heterocycles. The van der Waals surface area contributed by atoms with Gasteiger partial charge in [-0.1, -0.05) is 18.2 Å². The number of ether oxygens (including phenoxy) is 3. The Morgan fingerprint density at radius 2 is 1.84 bits per heavy atom. The fourth-order valence-electron chi connectivity index (χ4n) is 3.11. The minimum absolute atomic E-state index is 0.00690. The van der Waals surface area contributed by atoms with Crippen LogP contribution in [0.25, 0.3) is 0 Å². The van der Waals surface area contributed by atoms with Gasteiger partial charge in [-0.25, -0.2) is 12.8 Å². The zero-order chi connectivity index (χ0) is 22.7. The van der Waals surface area contributed by atoms with Crippen molar-refractivity contribution in [2.24, 2.45) is 0 Å². The molecular weight excluding hydrogens is 439 g/mol. The molecule has 32 heavy (non-hydrogen) atoms. The maximum absolute atomic E-state index is 14.4. The van der Waals surface area contributed by atoms with Crippen LogP contribution in [0.4, 0.5) is 10.1 Å². The zero-order valence-electron chi connectivity index (χ0n) is 16.9. The van der Waals surface area contributed by atoms with Crippen LogP contribution in [-0.4, -0.2) is 28.2 Å². The van der Waals surface area contributed by atoms with Crippen molar-refractivity contribution in [2.75, 3.05) is 18.6 Å². The van der Waals surface area contributed by atoms with E-state index in [2.05, 4.69) is 10.0 Å². The second kappa shape index (κ2) is 8.75. The Bertz CT molecular complexity index is 1280.